The molecule has 0 heterocycles. The highest BCUT2D eigenvalue weighted by atomic mass is 19.3. The fourth-order valence-corrected chi connectivity index (χ4v) is 0.519. The molecule has 0 aromatic carbocycles. The number of nitrogens with one attached hydrogen (secondary N) is 1. The number of rotatable bonds is 3. The van der Waals surface area contributed by atoms with Crippen molar-refractivity contribution in [1.29, 1.82) is 0 Å². The van der Waals surface area contributed by atoms with Crippen molar-refractivity contribution in [2.75, 3.05) is 6.54 Å². The van der Waals surface area contributed by atoms with Crippen LogP contribution in [0.3, 0.4) is 0 Å². The van der Waals surface area contributed by atoms with Gasteiger partial charge in [-0.3, -0.25) is 0 Å². The lowest BCUT2D eigenvalue weighted by Crippen LogP contribution is -2.43. The maximum Gasteiger partial charge on any atom is 0.260 e. The van der Waals surface area contributed by atoms with Crippen LogP contribution < -0.4 is 5.32 Å². The van der Waals surface area contributed by atoms with Crippen LogP contribution in [0.15, 0.2) is 0 Å². The summed E-state index contributed by atoms with van der Waals surface area (Å²) < 4.78 is 25.2. The van der Waals surface area contributed by atoms with Crippen LogP contribution in [0, 0.1) is 0 Å². The SMILES string of the molecule is CCC(F)(F)CNC(C)(C)C. The number of hydrogen-bond acceptors (Lipinski definition) is 1. The first-order valence-corrected chi connectivity index (χ1v) is 3.90. The molecule has 68 valence electrons. The minimum absolute atomic E-state index is 0.101. The molecule has 0 aromatic heterocycles. The standard InChI is InChI=1S/C8H17F2N/c1-5-8(9,10)6-11-7(2,3)4/h11H,5-6H2,1-4H3. The van der Waals surface area contributed by atoms with Gasteiger partial charge in [-0.25, -0.2) is 8.78 Å². The number of halogens is 2. The molecule has 0 aliphatic carbocycles. The van der Waals surface area contributed by atoms with Crippen LogP contribution in [0.1, 0.15) is 34.1 Å². The van der Waals surface area contributed by atoms with Crippen LogP contribution in [0.2, 0.25) is 0 Å². The Labute approximate surface area is 67.2 Å². The van der Waals surface area contributed by atoms with E-state index < -0.39 is 5.92 Å². The smallest absolute Gasteiger partial charge is 0.260 e. The van der Waals surface area contributed by atoms with Gasteiger partial charge in [0.25, 0.3) is 5.92 Å². The van der Waals surface area contributed by atoms with Gasteiger partial charge in [-0.15, -0.1) is 0 Å². The van der Waals surface area contributed by atoms with Gasteiger partial charge < -0.3 is 5.32 Å². The average Bonchev–Trinajstić information content (AvgIpc) is 1.83. The van der Waals surface area contributed by atoms with Gasteiger partial charge in [-0.2, -0.15) is 0 Å². The third-order valence-electron chi connectivity index (χ3n) is 1.39. The highest BCUT2D eigenvalue weighted by molar-refractivity contribution is 4.75. The molecule has 0 atom stereocenters. The van der Waals surface area contributed by atoms with Crippen molar-refractivity contribution in [1.82, 2.24) is 5.32 Å². The van der Waals surface area contributed by atoms with E-state index in [1.54, 1.807) is 0 Å². The van der Waals surface area contributed by atoms with Crippen molar-refractivity contribution >= 4 is 0 Å². The molecular formula is C8H17F2N. The molecule has 0 saturated carbocycles. The molecule has 0 amide bonds. The van der Waals surface area contributed by atoms with Crippen molar-refractivity contribution in [3.8, 4) is 0 Å². The van der Waals surface area contributed by atoms with Gasteiger partial charge in [0.1, 0.15) is 0 Å². The molecule has 0 aliphatic heterocycles. The normalized spacial score (nSPS) is 13.6. The minimum Gasteiger partial charge on any atom is -0.306 e. The quantitative estimate of drug-likeness (QED) is 0.677. The second kappa shape index (κ2) is 3.48. The monoisotopic (exact) mass is 165 g/mol. The van der Waals surface area contributed by atoms with Crippen LogP contribution in [-0.4, -0.2) is 18.0 Å². The molecule has 0 bridgehead atoms. The zero-order valence-electron chi connectivity index (χ0n) is 7.67. The highest BCUT2D eigenvalue weighted by Crippen LogP contribution is 2.17. The second-order valence-corrected chi connectivity index (χ2v) is 3.81. The lowest BCUT2D eigenvalue weighted by molar-refractivity contribution is -0.00684. The summed E-state index contributed by atoms with van der Waals surface area (Å²) in [6, 6.07) is 0. The third-order valence-corrected chi connectivity index (χ3v) is 1.39. The van der Waals surface area contributed by atoms with E-state index >= 15 is 0 Å². The molecule has 0 radical (unpaired) electrons. The predicted octanol–water partition coefficient (Wildman–Crippen LogP) is 2.42. The molecule has 11 heavy (non-hydrogen) atoms. The fraction of sp³-hybridized carbons (Fsp3) is 1.00. The average molecular weight is 165 g/mol. The Morgan fingerprint density at radius 2 is 1.64 bits per heavy atom. The number of alkyl halides is 2. The van der Waals surface area contributed by atoms with Crippen molar-refractivity contribution in [3.05, 3.63) is 0 Å². The van der Waals surface area contributed by atoms with E-state index in [0.717, 1.165) is 0 Å². The molecule has 0 fully saturated rings. The molecule has 0 saturated heterocycles. The van der Waals surface area contributed by atoms with Crippen LogP contribution in [0.4, 0.5) is 8.78 Å². The Hall–Kier alpha value is -0.180. The molecule has 0 unspecified atom stereocenters. The van der Waals surface area contributed by atoms with Crippen LogP contribution in [0.25, 0.3) is 0 Å². The minimum atomic E-state index is -2.56. The topological polar surface area (TPSA) is 12.0 Å². The summed E-state index contributed by atoms with van der Waals surface area (Å²) in [5, 5.41) is 2.76. The Bertz CT molecular complexity index is 116. The van der Waals surface area contributed by atoms with Crippen LogP contribution >= 0.6 is 0 Å². The van der Waals surface area contributed by atoms with E-state index in [1.165, 1.54) is 6.92 Å². The van der Waals surface area contributed by atoms with Gasteiger partial charge >= 0.3 is 0 Å². The van der Waals surface area contributed by atoms with E-state index in [-0.39, 0.29) is 18.5 Å². The third kappa shape index (κ3) is 6.23. The molecule has 0 aliphatic rings. The first-order chi connectivity index (χ1) is 4.77. The maximum absolute atomic E-state index is 12.6. The summed E-state index contributed by atoms with van der Waals surface area (Å²) in [6.45, 7) is 6.88. The lowest BCUT2D eigenvalue weighted by atomic mass is 10.1. The van der Waals surface area contributed by atoms with Gasteiger partial charge in [0.2, 0.25) is 0 Å². The molecule has 3 heteroatoms. The Balaban J connectivity index is 3.70. The Morgan fingerprint density at radius 3 is 1.91 bits per heavy atom. The molecule has 0 rings (SSSR count). The summed E-state index contributed by atoms with van der Waals surface area (Å²) in [4.78, 5) is 0. The maximum atomic E-state index is 12.6. The van der Waals surface area contributed by atoms with Gasteiger partial charge in [0.05, 0.1) is 6.54 Å². The predicted molar refractivity (Wildman–Crippen MR) is 43.0 cm³/mol. The van der Waals surface area contributed by atoms with E-state index in [4.69, 9.17) is 0 Å². The molecule has 0 spiro atoms. The molecule has 1 nitrogen and oxygen atoms in total. The summed E-state index contributed by atoms with van der Waals surface area (Å²) in [6.07, 6.45) is -0.101. The summed E-state index contributed by atoms with van der Waals surface area (Å²) in [5.41, 5.74) is -0.224. The van der Waals surface area contributed by atoms with E-state index in [2.05, 4.69) is 5.32 Å². The first kappa shape index (κ1) is 10.8. The highest BCUT2D eigenvalue weighted by Gasteiger charge is 2.27. The summed E-state index contributed by atoms with van der Waals surface area (Å²) >= 11 is 0. The summed E-state index contributed by atoms with van der Waals surface area (Å²) in [5.74, 6) is -2.56. The van der Waals surface area contributed by atoms with Gasteiger partial charge in [-0.05, 0) is 20.8 Å². The zero-order valence-corrected chi connectivity index (χ0v) is 7.67. The fourth-order valence-electron chi connectivity index (χ4n) is 0.519. The molecular weight excluding hydrogens is 148 g/mol. The van der Waals surface area contributed by atoms with Crippen LogP contribution in [-0.2, 0) is 0 Å². The lowest BCUT2D eigenvalue weighted by Gasteiger charge is -2.24. The van der Waals surface area contributed by atoms with Gasteiger partial charge in [-0.1, -0.05) is 6.92 Å². The van der Waals surface area contributed by atoms with Gasteiger partial charge in [0, 0.05) is 12.0 Å². The van der Waals surface area contributed by atoms with Crippen molar-refractivity contribution in [3.63, 3.8) is 0 Å². The molecule has 1 N–H and O–H groups in total. The largest absolute Gasteiger partial charge is 0.306 e. The Morgan fingerprint density at radius 1 is 1.18 bits per heavy atom. The number of hydrogen-bond donors (Lipinski definition) is 1. The van der Waals surface area contributed by atoms with Crippen LogP contribution in [0.5, 0.6) is 0 Å². The van der Waals surface area contributed by atoms with E-state index in [1.807, 2.05) is 20.8 Å². The van der Waals surface area contributed by atoms with Gasteiger partial charge in [0.15, 0.2) is 0 Å². The molecule has 0 aromatic rings. The first-order valence-electron chi connectivity index (χ1n) is 3.90. The van der Waals surface area contributed by atoms with Crippen molar-refractivity contribution in [2.45, 2.75) is 45.6 Å². The van der Waals surface area contributed by atoms with E-state index in [9.17, 15) is 8.78 Å². The Kier molecular flexibility index (Phi) is 3.42. The second-order valence-electron chi connectivity index (χ2n) is 3.81. The van der Waals surface area contributed by atoms with Crippen molar-refractivity contribution in [2.24, 2.45) is 0 Å². The van der Waals surface area contributed by atoms with E-state index in [0.29, 0.717) is 0 Å². The van der Waals surface area contributed by atoms with Crippen molar-refractivity contribution < 1.29 is 8.78 Å². The summed E-state index contributed by atoms with van der Waals surface area (Å²) in [7, 11) is 0. The zero-order chi connectivity index (χ0) is 9.12.